The van der Waals surface area contributed by atoms with E-state index in [0.29, 0.717) is 28.6 Å². The Morgan fingerprint density at radius 1 is 1.15 bits per heavy atom. The van der Waals surface area contributed by atoms with Gasteiger partial charge in [0.1, 0.15) is 16.9 Å². The van der Waals surface area contributed by atoms with Crippen LogP contribution in [0.25, 0.3) is 10.6 Å². The van der Waals surface area contributed by atoms with E-state index in [1.807, 2.05) is 48.7 Å². The molecule has 4 aromatic rings. The number of carbonyl (C=O) groups is 2. The number of anilines is 1. The van der Waals surface area contributed by atoms with Gasteiger partial charge >= 0.3 is 0 Å². The number of benzene rings is 2. The standard InChI is InChI=1S/C26H23ClN4O2S/c1-17-6-3-7-18(12-17)15-28-25(33)26(2)16-30-22(14-21(29-30)23-10-5-11-34-23)24(32)31(26)20-9-4-8-19(27)13-20/h3-14H,15-16H2,1-2H3,(H,28,33)/t26-/m0/s1. The summed E-state index contributed by atoms with van der Waals surface area (Å²) in [7, 11) is 0. The van der Waals surface area contributed by atoms with E-state index in [1.54, 1.807) is 58.2 Å². The molecule has 2 aromatic carbocycles. The minimum atomic E-state index is -1.21. The third-order valence-corrected chi connectivity index (χ3v) is 7.15. The summed E-state index contributed by atoms with van der Waals surface area (Å²) in [5.74, 6) is -0.557. The average molecular weight is 491 g/mol. The maximum Gasteiger partial charge on any atom is 0.277 e. The van der Waals surface area contributed by atoms with Crippen LogP contribution in [0, 0.1) is 6.92 Å². The molecule has 0 saturated heterocycles. The Labute approximate surface area is 206 Å². The summed E-state index contributed by atoms with van der Waals surface area (Å²) >= 11 is 7.81. The summed E-state index contributed by atoms with van der Waals surface area (Å²) in [5, 5.41) is 10.2. The van der Waals surface area contributed by atoms with Crippen molar-refractivity contribution >= 4 is 40.4 Å². The van der Waals surface area contributed by atoms with Gasteiger partial charge in [0, 0.05) is 17.3 Å². The van der Waals surface area contributed by atoms with E-state index in [-0.39, 0.29) is 18.4 Å². The van der Waals surface area contributed by atoms with Gasteiger partial charge in [-0.1, -0.05) is 53.6 Å². The summed E-state index contributed by atoms with van der Waals surface area (Å²) in [6.45, 7) is 4.36. The molecule has 0 fully saturated rings. The van der Waals surface area contributed by atoms with Gasteiger partial charge in [-0.2, -0.15) is 5.10 Å². The highest BCUT2D eigenvalue weighted by Crippen LogP contribution is 2.35. The monoisotopic (exact) mass is 490 g/mol. The zero-order valence-electron chi connectivity index (χ0n) is 18.8. The predicted molar refractivity (Wildman–Crippen MR) is 135 cm³/mol. The first-order chi connectivity index (χ1) is 16.3. The molecule has 0 aliphatic carbocycles. The maximum atomic E-state index is 13.8. The molecule has 3 heterocycles. The van der Waals surface area contributed by atoms with Crippen LogP contribution < -0.4 is 10.2 Å². The van der Waals surface area contributed by atoms with E-state index in [0.717, 1.165) is 16.0 Å². The number of carbonyl (C=O) groups excluding carboxylic acids is 2. The number of halogens is 1. The van der Waals surface area contributed by atoms with Crippen molar-refractivity contribution in [1.29, 1.82) is 0 Å². The van der Waals surface area contributed by atoms with E-state index in [9.17, 15) is 9.59 Å². The number of fused-ring (bicyclic) bond motifs is 1. The normalized spacial score (nSPS) is 17.5. The topological polar surface area (TPSA) is 67.2 Å². The second kappa shape index (κ2) is 8.74. The molecule has 0 spiro atoms. The van der Waals surface area contributed by atoms with E-state index < -0.39 is 5.54 Å². The minimum absolute atomic E-state index is 0.214. The summed E-state index contributed by atoms with van der Waals surface area (Å²) in [6, 6.07) is 20.7. The summed E-state index contributed by atoms with van der Waals surface area (Å²) in [6.07, 6.45) is 0. The molecule has 0 radical (unpaired) electrons. The molecule has 5 rings (SSSR count). The number of rotatable bonds is 5. The maximum absolute atomic E-state index is 13.8. The Kier molecular flexibility index (Phi) is 5.75. The highest BCUT2D eigenvalue weighted by atomic mass is 35.5. The van der Waals surface area contributed by atoms with Crippen molar-refractivity contribution in [2.45, 2.75) is 32.5 Å². The molecule has 0 unspecified atom stereocenters. The van der Waals surface area contributed by atoms with E-state index >= 15 is 0 Å². The zero-order valence-corrected chi connectivity index (χ0v) is 20.4. The van der Waals surface area contributed by atoms with E-state index in [4.69, 9.17) is 11.6 Å². The van der Waals surface area contributed by atoms with Gasteiger partial charge in [-0.05, 0) is 55.1 Å². The molecule has 2 amide bonds. The fourth-order valence-electron chi connectivity index (χ4n) is 4.34. The summed E-state index contributed by atoms with van der Waals surface area (Å²) < 4.78 is 1.64. The lowest BCUT2D eigenvalue weighted by Gasteiger charge is -2.43. The molecule has 1 aliphatic rings. The van der Waals surface area contributed by atoms with Crippen LogP contribution in [0.1, 0.15) is 28.5 Å². The SMILES string of the molecule is Cc1cccc(CNC(=O)[C@]2(C)Cn3nc(-c4cccs4)cc3C(=O)N2c2cccc(Cl)c2)c1. The van der Waals surface area contributed by atoms with Crippen LogP contribution in [0.15, 0.2) is 72.1 Å². The lowest BCUT2D eigenvalue weighted by atomic mass is 9.93. The third-order valence-electron chi connectivity index (χ3n) is 6.02. The van der Waals surface area contributed by atoms with Gasteiger partial charge < -0.3 is 5.32 Å². The van der Waals surface area contributed by atoms with E-state index in [2.05, 4.69) is 10.4 Å². The van der Waals surface area contributed by atoms with Crippen LogP contribution in [-0.2, 0) is 17.9 Å². The molecule has 8 heteroatoms. The average Bonchev–Trinajstić information content (AvgIpc) is 3.47. The van der Waals surface area contributed by atoms with Gasteiger partial charge in [-0.3, -0.25) is 19.2 Å². The van der Waals surface area contributed by atoms with Crippen molar-refractivity contribution in [3.8, 4) is 10.6 Å². The fraction of sp³-hybridized carbons (Fsp3) is 0.192. The van der Waals surface area contributed by atoms with E-state index in [1.165, 1.54) is 0 Å². The van der Waals surface area contributed by atoms with Gasteiger partial charge in [0.2, 0.25) is 5.91 Å². The molecular weight excluding hydrogens is 468 g/mol. The first-order valence-electron chi connectivity index (χ1n) is 10.9. The lowest BCUT2D eigenvalue weighted by Crippen LogP contribution is -2.64. The highest BCUT2D eigenvalue weighted by molar-refractivity contribution is 7.13. The Morgan fingerprint density at radius 3 is 2.71 bits per heavy atom. The van der Waals surface area contributed by atoms with Crippen LogP contribution in [0.4, 0.5) is 5.69 Å². The first kappa shape index (κ1) is 22.4. The fourth-order valence-corrected chi connectivity index (χ4v) is 5.21. The molecule has 172 valence electrons. The van der Waals surface area contributed by atoms with Gasteiger partial charge in [0.15, 0.2) is 0 Å². The smallest absolute Gasteiger partial charge is 0.277 e. The Balaban J connectivity index is 1.54. The molecular formula is C26H23ClN4O2S. The Hall–Kier alpha value is -3.42. The van der Waals surface area contributed by atoms with Gasteiger partial charge in [0.05, 0.1) is 11.4 Å². The van der Waals surface area contributed by atoms with Crippen molar-refractivity contribution in [2.75, 3.05) is 4.90 Å². The van der Waals surface area contributed by atoms with Crippen LogP contribution >= 0.6 is 22.9 Å². The molecule has 2 aromatic heterocycles. The predicted octanol–water partition coefficient (Wildman–Crippen LogP) is 5.31. The molecule has 6 nitrogen and oxygen atoms in total. The van der Waals surface area contributed by atoms with Crippen LogP contribution in [0.2, 0.25) is 5.02 Å². The molecule has 34 heavy (non-hydrogen) atoms. The number of thiophene rings is 1. The second-order valence-corrected chi connectivity index (χ2v) is 10.00. The molecule has 1 N–H and O–H groups in total. The van der Waals surface area contributed by atoms with Crippen molar-refractivity contribution in [3.63, 3.8) is 0 Å². The van der Waals surface area contributed by atoms with Crippen molar-refractivity contribution in [1.82, 2.24) is 15.1 Å². The Bertz CT molecular complexity index is 1380. The number of hydrogen-bond acceptors (Lipinski definition) is 4. The number of hydrogen-bond donors (Lipinski definition) is 1. The van der Waals surface area contributed by atoms with Crippen LogP contribution in [0.5, 0.6) is 0 Å². The largest absolute Gasteiger partial charge is 0.350 e. The quantitative estimate of drug-likeness (QED) is 0.412. The Morgan fingerprint density at radius 2 is 1.97 bits per heavy atom. The third kappa shape index (κ3) is 4.02. The highest BCUT2D eigenvalue weighted by Gasteiger charge is 2.49. The number of aromatic nitrogens is 2. The molecule has 1 atom stereocenters. The van der Waals surface area contributed by atoms with Gasteiger partial charge in [-0.25, -0.2) is 0 Å². The summed E-state index contributed by atoms with van der Waals surface area (Å²) in [5.41, 5.74) is 2.62. The van der Waals surface area contributed by atoms with Gasteiger partial charge in [-0.15, -0.1) is 11.3 Å². The molecule has 1 aliphatic heterocycles. The van der Waals surface area contributed by atoms with Crippen LogP contribution in [0.3, 0.4) is 0 Å². The molecule has 0 bridgehead atoms. The van der Waals surface area contributed by atoms with Crippen molar-refractivity contribution in [3.05, 3.63) is 94.0 Å². The number of nitrogens with zero attached hydrogens (tertiary/aromatic N) is 3. The lowest BCUT2D eigenvalue weighted by molar-refractivity contribution is -0.126. The van der Waals surface area contributed by atoms with Crippen LogP contribution in [-0.4, -0.2) is 27.1 Å². The number of aryl methyl sites for hydroxylation is 1. The first-order valence-corrected chi connectivity index (χ1v) is 12.2. The number of nitrogens with one attached hydrogen (secondary N) is 1. The molecule has 0 saturated carbocycles. The summed E-state index contributed by atoms with van der Waals surface area (Å²) in [4.78, 5) is 30.0. The van der Waals surface area contributed by atoms with Crippen molar-refractivity contribution < 1.29 is 9.59 Å². The van der Waals surface area contributed by atoms with Crippen molar-refractivity contribution in [2.24, 2.45) is 0 Å². The second-order valence-electron chi connectivity index (χ2n) is 8.62. The zero-order chi connectivity index (χ0) is 23.9. The number of amides is 2. The van der Waals surface area contributed by atoms with Gasteiger partial charge in [0.25, 0.3) is 5.91 Å². The minimum Gasteiger partial charge on any atom is -0.350 e.